The normalized spacial score (nSPS) is 16.7. The molecule has 1 amide bonds. The van der Waals surface area contributed by atoms with Gasteiger partial charge in [0.15, 0.2) is 19.7 Å². The van der Waals surface area contributed by atoms with Crippen molar-refractivity contribution in [3.63, 3.8) is 0 Å². The van der Waals surface area contributed by atoms with Crippen LogP contribution in [0.25, 0.3) is 0 Å². The molecule has 0 aromatic carbocycles. The zero-order chi connectivity index (χ0) is 17.5. The molecule has 1 aliphatic heterocycles. The summed E-state index contributed by atoms with van der Waals surface area (Å²) in [4.78, 5) is 13.9. The molecule has 0 bridgehead atoms. The topological polar surface area (TPSA) is 97.8 Å². The van der Waals surface area contributed by atoms with Crippen LogP contribution in [0.15, 0.2) is 0 Å². The third-order valence-electron chi connectivity index (χ3n) is 3.74. The minimum absolute atomic E-state index is 0.224. The quantitative estimate of drug-likeness (QED) is 0.590. The summed E-state index contributed by atoms with van der Waals surface area (Å²) < 4.78 is 53.3. The van der Waals surface area contributed by atoms with Gasteiger partial charge in [0.25, 0.3) is 5.91 Å². The molecule has 0 saturated carbocycles. The summed E-state index contributed by atoms with van der Waals surface area (Å²) in [5.74, 6) is -1.38. The molecule has 0 unspecified atom stereocenters. The first-order chi connectivity index (χ1) is 10.8. The van der Waals surface area contributed by atoms with Crippen LogP contribution in [0.4, 0.5) is 0 Å². The van der Waals surface area contributed by atoms with E-state index in [0.717, 1.165) is 0 Å². The van der Waals surface area contributed by atoms with E-state index in [2.05, 4.69) is 0 Å². The van der Waals surface area contributed by atoms with Crippen molar-refractivity contribution in [2.24, 2.45) is 0 Å². The average Bonchev–Trinajstić information content (AvgIpc) is 2.51. The van der Waals surface area contributed by atoms with Crippen LogP contribution in [0, 0.1) is 0 Å². The van der Waals surface area contributed by atoms with Crippen LogP contribution in [-0.2, 0) is 29.2 Å². The zero-order valence-electron chi connectivity index (χ0n) is 13.9. The van der Waals surface area contributed by atoms with E-state index < -0.39 is 30.2 Å². The maximum atomic E-state index is 12.6. The minimum Gasteiger partial charge on any atom is -0.378 e. The van der Waals surface area contributed by atoms with Gasteiger partial charge in [-0.3, -0.25) is 4.79 Å². The number of amides is 1. The molecule has 1 heterocycles. The monoisotopic (exact) mass is 369 g/mol. The van der Waals surface area contributed by atoms with Crippen LogP contribution in [-0.4, -0.2) is 70.0 Å². The van der Waals surface area contributed by atoms with E-state index in [4.69, 9.17) is 4.74 Å². The predicted molar refractivity (Wildman–Crippen MR) is 88.6 cm³/mol. The number of hydrogen-bond acceptors (Lipinski definition) is 6. The van der Waals surface area contributed by atoms with Gasteiger partial charge < -0.3 is 9.64 Å². The molecular formula is C14H27NO6S2. The highest BCUT2D eigenvalue weighted by atomic mass is 32.3. The number of carbonyl (C=O) groups is 1. The fourth-order valence-electron chi connectivity index (χ4n) is 2.37. The zero-order valence-corrected chi connectivity index (χ0v) is 15.5. The maximum absolute atomic E-state index is 12.6. The highest BCUT2D eigenvalue weighted by Crippen LogP contribution is 2.19. The smallest absolute Gasteiger partial charge is 0.256 e. The number of rotatable bonds is 9. The number of sulfone groups is 2. The number of carbonyl (C=O) groups excluding carboxylic acids is 1. The molecule has 1 saturated heterocycles. The van der Waals surface area contributed by atoms with Crippen molar-refractivity contribution in [2.45, 2.75) is 44.1 Å². The lowest BCUT2D eigenvalue weighted by Crippen LogP contribution is -2.51. The average molecular weight is 370 g/mol. The van der Waals surface area contributed by atoms with E-state index in [1.165, 1.54) is 4.90 Å². The second-order valence-electron chi connectivity index (χ2n) is 5.71. The fourth-order valence-corrected chi connectivity index (χ4v) is 7.46. The van der Waals surface area contributed by atoms with Crippen molar-refractivity contribution in [3.8, 4) is 0 Å². The Balaban J connectivity index is 3.12. The summed E-state index contributed by atoms with van der Waals surface area (Å²) >= 11 is 0. The Hall–Kier alpha value is -0.670. The van der Waals surface area contributed by atoms with Crippen LogP contribution < -0.4 is 0 Å². The van der Waals surface area contributed by atoms with Crippen LogP contribution in [0.1, 0.15) is 39.5 Å². The van der Waals surface area contributed by atoms with Gasteiger partial charge in [-0.25, -0.2) is 16.8 Å². The molecule has 9 heteroatoms. The minimum atomic E-state index is -4.04. The Morgan fingerprint density at radius 1 is 0.957 bits per heavy atom. The second-order valence-corrected chi connectivity index (χ2v) is 10.4. The van der Waals surface area contributed by atoms with E-state index in [1.54, 1.807) is 0 Å². The van der Waals surface area contributed by atoms with Crippen molar-refractivity contribution >= 4 is 25.6 Å². The van der Waals surface area contributed by atoms with E-state index in [9.17, 15) is 21.6 Å². The first-order valence-corrected chi connectivity index (χ1v) is 11.5. The molecule has 7 nitrogen and oxygen atoms in total. The summed E-state index contributed by atoms with van der Waals surface area (Å²) in [7, 11) is -8.08. The van der Waals surface area contributed by atoms with E-state index in [1.807, 2.05) is 13.8 Å². The SMILES string of the molecule is CCCCS(=O)(=O)C(C(=O)N1CCOCC1)S(=O)(=O)CCCC. The van der Waals surface area contributed by atoms with E-state index in [-0.39, 0.29) is 24.6 Å². The van der Waals surface area contributed by atoms with Gasteiger partial charge in [-0.15, -0.1) is 0 Å². The van der Waals surface area contributed by atoms with Crippen LogP contribution in [0.3, 0.4) is 0 Å². The highest BCUT2D eigenvalue weighted by Gasteiger charge is 2.45. The molecule has 0 aromatic heterocycles. The lowest BCUT2D eigenvalue weighted by atomic mass is 10.4. The molecule has 0 aliphatic carbocycles. The van der Waals surface area contributed by atoms with Gasteiger partial charge in [0.2, 0.25) is 4.58 Å². The van der Waals surface area contributed by atoms with Gasteiger partial charge in [0.05, 0.1) is 24.7 Å². The Morgan fingerprint density at radius 2 is 1.39 bits per heavy atom. The van der Waals surface area contributed by atoms with Crippen molar-refractivity contribution < 1.29 is 26.4 Å². The van der Waals surface area contributed by atoms with Gasteiger partial charge in [0.1, 0.15) is 0 Å². The molecule has 0 radical (unpaired) electrons. The number of ether oxygens (including phenoxy) is 1. The fraction of sp³-hybridized carbons (Fsp3) is 0.929. The van der Waals surface area contributed by atoms with Gasteiger partial charge in [-0.1, -0.05) is 26.7 Å². The molecule has 136 valence electrons. The molecule has 0 atom stereocenters. The molecule has 23 heavy (non-hydrogen) atoms. The van der Waals surface area contributed by atoms with Crippen molar-refractivity contribution in [3.05, 3.63) is 0 Å². The number of morpholine rings is 1. The van der Waals surface area contributed by atoms with Crippen LogP contribution in [0.2, 0.25) is 0 Å². The van der Waals surface area contributed by atoms with Gasteiger partial charge in [0, 0.05) is 13.1 Å². The Kier molecular flexibility index (Phi) is 7.96. The maximum Gasteiger partial charge on any atom is 0.256 e. The first kappa shape index (κ1) is 20.4. The molecule has 1 rings (SSSR count). The summed E-state index contributed by atoms with van der Waals surface area (Å²) in [5.41, 5.74) is 0. The highest BCUT2D eigenvalue weighted by molar-refractivity contribution is 8.10. The molecule has 1 aliphatic rings. The number of hydrogen-bond donors (Lipinski definition) is 0. The number of nitrogens with zero attached hydrogens (tertiary/aromatic N) is 1. The second kappa shape index (κ2) is 8.98. The summed E-state index contributed by atoms with van der Waals surface area (Å²) in [6, 6.07) is 0. The van der Waals surface area contributed by atoms with E-state index in [0.29, 0.717) is 38.9 Å². The Bertz CT molecular complexity index is 540. The van der Waals surface area contributed by atoms with Crippen molar-refractivity contribution in [1.29, 1.82) is 0 Å². The Labute approximate surface area is 139 Å². The third-order valence-corrected chi connectivity index (χ3v) is 8.92. The van der Waals surface area contributed by atoms with Crippen LogP contribution >= 0.6 is 0 Å². The molecular weight excluding hydrogens is 342 g/mol. The Morgan fingerprint density at radius 3 is 1.78 bits per heavy atom. The standard InChI is InChI=1S/C14H27NO6S2/c1-3-5-11-22(17,18)14(23(19,20)12-6-4-2)13(16)15-7-9-21-10-8-15/h14H,3-12H2,1-2H3. The van der Waals surface area contributed by atoms with Crippen LogP contribution in [0.5, 0.6) is 0 Å². The predicted octanol–water partition coefficient (Wildman–Crippen LogP) is 0.601. The molecule has 0 aromatic rings. The lowest BCUT2D eigenvalue weighted by Gasteiger charge is -2.30. The van der Waals surface area contributed by atoms with Gasteiger partial charge in [-0.2, -0.15) is 0 Å². The molecule has 1 fully saturated rings. The van der Waals surface area contributed by atoms with Crippen molar-refractivity contribution in [1.82, 2.24) is 4.90 Å². The lowest BCUT2D eigenvalue weighted by molar-refractivity contribution is -0.133. The van der Waals surface area contributed by atoms with Gasteiger partial charge >= 0.3 is 0 Å². The molecule has 0 spiro atoms. The largest absolute Gasteiger partial charge is 0.378 e. The third kappa shape index (κ3) is 5.72. The molecule has 0 N–H and O–H groups in total. The van der Waals surface area contributed by atoms with E-state index >= 15 is 0 Å². The number of unbranched alkanes of at least 4 members (excludes halogenated alkanes) is 2. The summed E-state index contributed by atoms with van der Waals surface area (Å²) in [6.07, 6.45) is 1.93. The first-order valence-electron chi connectivity index (χ1n) is 8.06. The van der Waals surface area contributed by atoms with Gasteiger partial charge in [-0.05, 0) is 12.8 Å². The van der Waals surface area contributed by atoms with Crippen molar-refractivity contribution in [2.75, 3.05) is 37.8 Å². The summed E-state index contributed by atoms with van der Waals surface area (Å²) in [6.45, 7) is 4.68. The summed E-state index contributed by atoms with van der Waals surface area (Å²) in [5, 5.41) is 0.